The molecule has 0 aliphatic carbocycles. The lowest BCUT2D eigenvalue weighted by molar-refractivity contribution is -0.384. The molecule has 1 aliphatic heterocycles. The van der Waals surface area contributed by atoms with Crippen molar-refractivity contribution in [3.63, 3.8) is 0 Å². The van der Waals surface area contributed by atoms with Crippen molar-refractivity contribution in [1.82, 2.24) is 15.1 Å². The molecule has 168 valence electrons. The second-order valence-electron chi connectivity index (χ2n) is 7.25. The number of rotatable bonds is 5. The summed E-state index contributed by atoms with van der Waals surface area (Å²) < 4.78 is 26.5. The van der Waals surface area contributed by atoms with E-state index in [2.05, 4.69) is 5.32 Å². The normalized spacial score (nSPS) is 14.6. The van der Waals surface area contributed by atoms with Crippen LogP contribution in [0.1, 0.15) is 27.6 Å². The van der Waals surface area contributed by atoms with E-state index < -0.39 is 34.4 Å². The van der Waals surface area contributed by atoms with E-state index >= 15 is 0 Å². The van der Waals surface area contributed by atoms with Crippen molar-refractivity contribution < 1.29 is 28.1 Å². The zero-order chi connectivity index (χ0) is 23.4. The van der Waals surface area contributed by atoms with Gasteiger partial charge in [0.15, 0.2) is 11.6 Å². The number of nitrogens with zero attached hydrogens (tertiary/aromatic N) is 3. The van der Waals surface area contributed by atoms with E-state index in [9.17, 15) is 33.3 Å². The maximum atomic E-state index is 13.4. The number of nitro groups is 1. The highest BCUT2D eigenvalue weighted by Gasteiger charge is 2.28. The summed E-state index contributed by atoms with van der Waals surface area (Å²) in [5, 5.41) is 13.4. The highest BCUT2D eigenvalue weighted by atomic mass is 19.2. The van der Waals surface area contributed by atoms with E-state index in [1.807, 2.05) is 0 Å². The van der Waals surface area contributed by atoms with E-state index in [1.165, 1.54) is 41.0 Å². The van der Waals surface area contributed by atoms with Gasteiger partial charge in [0.2, 0.25) is 5.91 Å². The monoisotopic (exact) mass is 446 g/mol. The first kappa shape index (κ1) is 22.8. The zero-order valence-corrected chi connectivity index (χ0v) is 17.1. The molecule has 11 heteroatoms. The van der Waals surface area contributed by atoms with Gasteiger partial charge in [0, 0.05) is 49.4 Å². The minimum atomic E-state index is -1.11. The van der Waals surface area contributed by atoms with Crippen molar-refractivity contribution >= 4 is 23.4 Å². The van der Waals surface area contributed by atoms with Gasteiger partial charge in [-0.15, -0.1) is 0 Å². The Morgan fingerprint density at radius 2 is 1.62 bits per heavy atom. The van der Waals surface area contributed by atoms with Gasteiger partial charge in [0.1, 0.15) is 6.04 Å². The van der Waals surface area contributed by atoms with E-state index in [0.717, 1.165) is 18.2 Å². The first-order valence-electron chi connectivity index (χ1n) is 9.76. The van der Waals surface area contributed by atoms with Crippen molar-refractivity contribution in [3.05, 3.63) is 75.3 Å². The van der Waals surface area contributed by atoms with Crippen LogP contribution in [0.4, 0.5) is 14.5 Å². The van der Waals surface area contributed by atoms with Gasteiger partial charge < -0.3 is 15.1 Å². The predicted molar refractivity (Wildman–Crippen MR) is 109 cm³/mol. The largest absolute Gasteiger partial charge is 0.341 e. The number of hydrogen-bond acceptors (Lipinski definition) is 5. The van der Waals surface area contributed by atoms with Crippen molar-refractivity contribution in [1.29, 1.82) is 0 Å². The summed E-state index contributed by atoms with van der Waals surface area (Å²) in [5.41, 5.74) is -0.166. The molecule has 1 unspecified atom stereocenters. The number of piperazine rings is 1. The molecule has 0 radical (unpaired) electrons. The van der Waals surface area contributed by atoms with Crippen LogP contribution in [0, 0.1) is 21.7 Å². The number of halogens is 2. The lowest BCUT2D eigenvalue weighted by Gasteiger charge is -2.36. The summed E-state index contributed by atoms with van der Waals surface area (Å²) in [4.78, 5) is 50.7. The molecule has 1 atom stereocenters. The first-order chi connectivity index (χ1) is 15.2. The molecule has 0 spiro atoms. The Morgan fingerprint density at radius 1 is 0.969 bits per heavy atom. The maximum absolute atomic E-state index is 13.4. The minimum Gasteiger partial charge on any atom is -0.341 e. The number of nitrogens with one attached hydrogen (secondary N) is 1. The van der Waals surface area contributed by atoms with E-state index in [1.54, 1.807) is 0 Å². The third-order valence-electron chi connectivity index (χ3n) is 5.08. The molecular weight excluding hydrogens is 426 g/mol. The molecule has 1 heterocycles. The highest BCUT2D eigenvalue weighted by molar-refractivity contribution is 5.98. The van der Waals surface area contributed by atoms with Gasteiger partial charge in [0.05, 0.1) is 4.92 Å². The smallest absolute Gasteiger partial charge is 0.270 e. The quantitative estimate of drug-likeness (QED) is 0.558. The lowest BCUT2D eigenvalue weighted by Crippen LogP contribution is -2.55. The second-order valence-corrected chi connectivity index (χ2v) is 7.25. The fourth-order valence-corrected chi connectivity index (χ4v) is 3.32. The number of hydrogen-bond donors (Lipinski definition) is 1. The van der Waals surface area contributed by atoms with E-state index in [-0.39, 0.29) is 48.9 Å². The summed E-state index contributed by atoms with van der Waals surface area (Å²) in [6.07, 6.45) is 0. The molecule has 1 fully saturated rings. The molecule has 32 heavy (non-hydrogen) atoms. The predicted octanol–water partition coefficient (Wildman–Crippen LogP) is 1.98. The number of benzene rings is 2. The topological polar surface area (TPSA) is 113 Å². The number of carbonyl (C=O) groups excluding carboxylic acids is 3. The van der Waals surface area contributed by atoms with Gasteiger partial charge in [-0.2, -0.15) is 0 Å². The van der Waals surface area contributed by atoms with Crippen LogP contribution in [-0.4, -0.2) is 64.7 Å². The Morgan fingerprint density at radius 3 is 2.25 bits per heavy atom. The van der Waals surface area contributed by atoms with Gasteiger partial charge in [-0.25, -0.2) is 8.78 Å². The fourth-order valence-electron chi connectivity index (χ4n) is 3.32. The van der Waals surface area contributed by atoms with Crippen molar-refractivity contribution in [2.45, 2.75) is 13.0 Å². The Hall–Kier alpha value is -3.89. The van der Waals surface area contributed by atoms with Gasteiger partial charge in [-0.1, -0.05) is 6.07 Å². The summed E-state index contributed by atoms with van der Waals surface area (Å²) in [6.45, 7) is 2.27. The molecular formula is C21H20F2N4O5. The molecule has 0 bridgehead atoms. The standard InChI is InChI=1S/C21H20F2N4O5/c1-13(24-19(28)14-3-2-4-16(11-14)27(31)32)20(29)25-7-9-26(10-8-25)21(30)15-5-6-17(22)18(23)12-15/h2-6,11-13H,7-10H2,1H3,(H,24,28). The Balaban J connectivity index is 1.55. The van der Waals surface area contributed by atoms with Crippen LogP contribution in [0.5, 0.6) is 0 Å². The summed E-state index contributed by atoms with van der Waals surface area (Å²) in [7, 11) is 0. The van der Waals surface area contributed by atoms with Crippen LogP contribution in [0.3, 0.4) is 0 Å². The third kappa shape index (κ3) is 5.05. The van der Waals surface area contributed by atoms with Crippen LogP contribution >= 0.6 is 0 Å². The van der Waals surface area contributed by atoms with Crippen molar-refractivity contribution in [2.24, 2.45) is 0 Å². The SMILES string of the molecule is CC(NC(=O)c1cccc([N+](=O)[O-])c1)C(=O)N1CCN(C(=O)c2ccc(F)c(F)c2)CC1. The number of non-ortho nitro benzene ring substituents is 1. The first-order valence-corrected chi connectivity index (χ1v) is 9.76. The lowest BCUT2D eigenvalue weighted by atomic mass is 10.1. The Bertz CT molecular complexity index is 1070. The summed E-state index contributed by atoms with van der Waals surface area (Å²) in [5.74, 6) is -3.62. The number of amides is 3. The van der Waals surface area contributed by atoms with Gasteiger partial charge in [-0.05, 0) is 31.2 Å². The highest BCUT2D eigenvalue weighted by Crippen LogP contribution is 2.15. The Labute approximate surface area is 181 Å². The van der Waals surface area contributed by atoms with Crippen LogP contribution in [-0.2, 0) is 4.79 Å². The number of carbonyl (C=O) groups is 3. The van der Waals surface area contributed by atoms with Gasteiger partial charge in [-0.3, -0.25) is 24.5 Å². The van der Waals surface area contributed by atoms with E-state index in [4.69, 9.17) is 0 Å². The van der Waals surface area contributed by atoms with Gasteiger partial charge >= 0.3 is 0 Å². The Kier molecular flexibility index (Phi) is 6.76. The summed E-state index contributed by atoms with van der Waals surface area (Å²) in [6, 6.07) is 7.18. The van der Waals surface area contributed by atoms with Crippen molar-refractivity contribution in [2.75, 3.05) is 26.2 Å². The molecule has 3 amide bonds. The molecule has 9 nitrogen and oxygen atoms in total. The zero-order valence-electron chi connectivity index (χ0n) is 17.1. The van der Waals surface area contributed by atoms with Gasteiger partial charge in [0.25, 0.3) is 17.5 Å². The third-order valence-corrected chi connectivity index (χ3v) is 5.08. The average Bonchev–Trinajstić information content (AvgIpc) is 2.80. The summed E-state index contributed by atoms with van der Waals surface area (Å²) >= 11 is 0. The maximum Gasteiger partial charge on any atom is 0.270 e. The van der Waals surface area contributed by atoms with Crippen LogP contribution in [0.15, 0.2) is 42.5 Å². The molecule has 1 aliphatic rings. The van der Waals surface area contributed by atoms with E-state index in [0.29, 0.717) is 0 Å². The average molecular weight is 446 g/mol. The minimum absolute atomic E-state index is 0.0151. The molecule has 1 saturated heterocycles. The molecule has 3 rings (SSSR count). The fraction of sp³-hybridized carbons (Fsp3) is 0.286. The molecule has 2 aromatic rings. The molecule has 0 saturated carbocycles. The molecule has 1 N–H and O–H groups in total. The van der Waals surface area contributed by atoms with Crippen molar-refractivity contribution in [3.8, 4) is 0 Å². The number of nitro benzene ring substituents is 1. The van der Waals surface area contributed by atoms with Crippen LogP contribution in [0.25, 0.3) is 0 Å². The molecule has 0 aromatic heterocycles. The second kappa shape index (κ2) is 9.50. The molecule has 2 aromatic carbocycles. The van der Waals surface area contributed by atoms with Crippen LogP contribution in [0.2, 0.25) is 0 Å². The van der Waals surface area contributed by atoms with Crippen LogP contribution < -0.4 is 5.32 Å².